The van der Waals surface area contributed by atoms with Crippen LogP contribution in [0.5, 0.6) is 11.5 Å². The number of nitro groups is 1. The first-order valence-electron chi connectivity index (χ1n) is 5.86. The number of ether oxygens (including phenoxy) is 1. The van der Waals surface area contributed by atoms with Gasteiger partial charge in [0.15, 0.2) is 5.75 Å². The van der Waals surface area contributed by atoms with Crippen LogP contribution in [0.15, 0.2) is 12.1 Å². The Labute approximate surface area is 105 Å². The van der Waals surface area contributed by atoms with Gasteiger partial charge in [-0.05, 0) is 43.5 Å². The smallest absolute Gasteiger partial charge is 0.314 e. The first kappa shape index (κ1) is 12.6. The fourth-order valence-corrected chi connectivity index (χ4v) is 2.28. The topological polar surface area (TPSA) is 84.6 Å². The molecule has 1 unspecified atom stereocenters. The molecule has 2 N–H and O–H groups in total. The van der Waals surface area contributed by atoms with Crippen molar-refractivity contribution in [1.29, 1.82) is 0 Å². The van der Waals surface area contributed by atoms with Crippen LogP contribution in [-0.4, -0.2) is 30.2 Å². The zero-order valence-corrected chi connectivity index (χ0v) is 10.2. The van der Waals surface area contributed by atoms with Gasteiger partial charge in [-0.25, -0.2) is 0 Å². The van der Waals surface area contributed by atoms with Gasteiger partial charge in [0.25, 0.3) is 0 Å². The second-order valence-electron chi connectivity index (χ2n) is 4.49. The molecule has 0 saturated carbocycles. The molecule has 0 spiro atoms. The van der Waals surface area contributed by atoms with Crippen LogP contribution in [0.4, 0.5) is 5.69 Å². The van der Waals surface area contributed by atoms with Crippen molar-refractivity contribution in [3.8, 4) is 11.5 Å². The maximum Gasteiger partial charge on any atom is 0.314 e. The Kier molecular flexibility index (Phi) is 3.66. The van der Waals surface area contributed by atoms with Crippen molar-refractivity contribution in [2.24, 2.45) is 5.92 Å². The average Bonchev–Trinajstić information content (AvgIpc) is 2.83. The van der Waals surface area contributed by atoms with Crippen molar-refractivity contribution in [3.05, 3.63) is 27.8 Å². The molecule has 6 heteroatoms. The number of nitro benzene ring substituents is 1. The van der Waals surface area contributed by atoms with Gasteiger partial charge in [0, 0.05) is 6.07 Å². The largest absolute Gasteiger partial charge is 0.500 e. The van der Waals surface area contributed by atoms with Crippen LogP contribution in [0.3, 0.4) is 0 Å². The van der Waals surface area contributed by atoms with E-state index in [2.05, 4.69) is 5.32 Å². The van der Waals surface area contributed by atoms with Crippen LogP contribution in [0.2, 0.25) is 0 Å². The first-order valence-corrected chi connectivity index (χ1v) is 5.86. The van der Waals surface area contributed by atoms with Gasteiger partial charge in [-0.2, -0.15) is 0 Å². The second-order valence-corrected chi connectivity index (χ2v) is 4.49. The Bertz CT molecular complexity index is 456. The summed E-state index contributed by atoms with van der Waals surface area (Å²) in [6.45, 7) is 1.92. The van der Waals surface area contributed by atoms with E-state index in [0.717, 1.165) is 31.5 Å². The number of rotatable bonds is 4. The number of hydrogen-bond acceptors (Lipinski definition) is 5. The van der Waals surface area contributed by atoms with E-state index in [0.29, 0.717) is 5.92 Å². The zero-order chi connectivity index (χ0) is 13.1. The van der Waals surface area contributed by atoms with Crippen molar-refractivity contribution >= 4 is 5.69 Å². The van der Waals surface area contributed by atoms with E-state index in [1.54, 1.807) is 6.07 Å². The monoisotopic (exact) mass is 252 g/mol. The lowest BCUT2D eigenvalue weighted by atomic mass is 9.98. The highest BCUT2D eigenvalue weighted by Crippen LogP contribution is 2.37. The van der Waals surface area contributed by atoms with Gasteiger partial charge in [0.05, 0.1) is 12.0 Å². The van der Waals surface area contributed by atoms with Gasteiger partial charge in [-0.15, -0.1) is 0 Å². The molecule has 1 aliphatic rings. The molecule has 1 fully saturated rings. The number of nitrogens with one attached hydrogen (secondary N) is 1. The fraction of sp³-hybridized carbons (Fsp3) is 0.500. The molecule has 1 saturated heterocycles. The second kappa shape index (κ2) is 5.22. The fourth-order valence-electron chi connectivity index (χ4n) is 2.28. The van der Waals surface area contributed by atoms with Crippen LogP contribution in [-0.2, 0) is 6.42 Å². The third-order valence-corrected chi connectivity index (χ3v) is 3.22. The SMILES string of the molecule is COc1cc(CC2CCNC2)cc([N+](=O)[O-])c1O. The molecule has 18 heavy (non-hydrogen) atoms. The highest BCUT2D eigenvalue weighted by atomic mass is 16.6. The van der Waals surface area contributed by atoms with E-state index >= 15 is 0 Å². The van der Waals surface area contributed by atoms with Gasteiger partial charge in [0.2, 0.25) is 5.75 Å². The summed E-state index contributed by atoms with van der Waals surface area (Å²) in [6.07, 6.45) is 1.82. The van der Waals surface area contributed by atoms with Crippen LogP contribution in [0, 0.1) is 16.0 Å². The van der Waals surface area contributed by atoms with E-state index in [1.807, 2.05) is 0 Å². The van der Waals surface area contributed by atoms with Gasteiger partial charge < -0.3 is 15.2 Å². The zero-order valence-electron chi connectivity index (χ0n) is 10.2. The van der Waals surface area contributed by atoms with Gasteiger partial charge in [-0.1, -0.05) is 0 Å². The quantitative estimate of drug-likeness (QED) is 0.626. The number of methoxy groups -OCH3 is 1. The lowest BCUT2D eigenvalue weighted by Crippen LogP contribution is -2.11. The lowest BCUT2D eigenvalue weighted by Gasteiger charge is -2.11. The molecule has 1 heterocycles. The summed E-state index contributed by atoms with van der Waals surface area (Å²) >= 11 is 0. The number of hydrogen-bond donors (Lipinski definition) is 2. The Morgan fingerprint density at radius 2 is 2.39 bits per heavy atom. The molecule has 0 amide bonds. The summed E-state index contributed by atoms with van der Waals surface area (Å²) in [5.74, 6) is 0.236. The molecule has 1 atom stereocenters. The summed E-state index contributed by atoms with van der Waals surface area (Å²) in [5, 5.41) is 23.8. The van der Waals surface area contributed by atoms with Gasteiger partial charge >= 0.3 is 5.69 Å². The molecule has 1 aromatic rings. The average molecular weight is 252 g/mol. The number of phenolic OH excluding ortho intramolecular Hbond substituents is 1. The normalized spacial score (nSPS) is 18.8. The van der Waals surface area contributed by atoms with Crippen molar-refractivity contribution in [3.63, 3.8) is 0 Å². The summed E-state index contributed by atoms with van der Waals surface area (Å²) in [6, 6.07) is 3.09. The minimum atomic E-state index is -0.589. The number of nitrogens with zero attached hydrogens (tertiary/aromatic N) is 1. The molecule has 0 bridgehead atoms. The van der Waals surface area contributed by atoms with Crippen LogP contribution in [0.1, 0.15) is 12.0 Å². The molecular weight excluding hydrogens is 236 g/mol. The van der Waals surface area contributed by atoms with E-state index in [4.69, 9.17) is 4.74 Å². The molecule has 2 rings (SSSR count). The Balaban J connectivity index is 2.29. The standard InChI is InChI=1S/C12H16N2O4/c1-18-11-6-9(4-8-2-3-13-7-8)5-10(12(11)15)14(16)17/h5-6,8,13,15H,2-4,7H2,1H3. The van der Waals surface area contributed by atoms with E-state index in [-0.39, 0.29) is 11.4 Å². The van der Waals surface area contributed by atoms with E-state index in [9.17, 15) is 15.2 Å². The maximum atomic E-state index is 10.9. The third kappa shape index (κ3) is 2.53. The predicted octanol–water partition coefficient (Wildman–Crippen LogP) is 1.46. The Hall–Kier alpha value is -1.82. The van der Waals surface area contributed by atoms with Crippen LogP contribution in [0.25, 0.3) is 0 Å². The van der Waals surface area contributed by atoms with E-state index < -0.39 is 10.7 Å². The molecule has 1 aliphatic heterocycles. The molecular formula is C12H16N2O4. The van der Waals surface area contributed by atoms with Crippen LogP contribution < -0.4 is 10.1 Å². The predicted molar refractivity (Wildman–Crippen MR) is 66.0 cm³/mol. The summed E-state index contributed by atoms with van der Waals surface area (Å²) in [7, 11) is 1.39. The highest BCUT2D eigenvalue weighted by molar-refractivity contribution is 5.57. The number of aromatic hydroxyl groups is 1. The van der Waals surface area contributed by atoms with E-state index in [1.165, 1.54) is 13.2 Å². The maximum absolute atomic E-state index is 10.9. The molecule has 1 aromatic carbocycles. The van der Waals surface area contributed by atoms with Crippen LogP contribution >= 0.6 is 0 Å². The highest BCUT2D eigenvalue weighted by Gasteiger charge is 2.22. The minimum absolute atomic E-state index is 0.158. The summed E-state index contributed by atoms with van der Waals surface area (Å²) in [5.41, 5.74) is 0.528. The number of phenols is 1. The molecule has 0 aromatic heterocycles. The van der Waals surface area contributed by atoms with Gasteiger partial charge in [-0.3, -0.25) is 10.1 Å². The summed E-state index contributed by atoms with van der Waals surface area (Å²) < 4.78 is 4.97. The minimum Gasteiger partial charge on any atom is -0.500 e. The van der Waals surface area contributed by atoms with Crippen molar-refractivity contribution < 1.29 is 14.8 Å². The van der Waals surface area contributed by atoms with Crippen molar-refractivity contribution in [1.82, 2.24) is 5.32 Å². The summed E-state index contributed by atoms with van der Waals surface area (Å²) in [4.78, 5) is 10.3. The van der Waals surface area contributed by atoms with Crippen molar-refractivity contribution in [2.45, 2.75) is 12.8 Å². The number of benzene rings is 1. The van der Waals surface area contributed by atoms with Gasteiger partial charge in [0.1, 0.15) is 0 Å². The molecule has 6 nitrogen and oxygen atoms in total. The first-order chi connectivity index (χ1) is 8.61. The third-order valence-electron chi connectivity index (χ3n) is 3.22. The molecule has 0 aliphatic carbocycles. The molecule has 0 radical (unpaired) electrons. The lowest BCUT2D eigenvalue weighted by molar-refractivity contribution is -0.386. The Morgan fingerprint density at radius 3 is 2.94 bits per heavy atom. The Morgan fingerprint density at radius 1 is 1.61 bits per heavy atom. The molecule has 98 valence electrons. The van der Waals surface area contributed by atoms with Crippen molar-refractivity contribution in [2.75, 3.05) is 20.2 Å².